The van der Waals surface area contributed by atoms with Crippen molar-refractivity contribution in [3.05, 3.63) is 88.6 Å². The summed E-state index contributed by atoms with van der Waals surface area (Å²) < 4.78 is 57.0. The molecule has 1 aliphatic carbocycles. The van der Waals surface area contributed by atoms with Crippen molar-refractivity contribution in [1.82, 2.24) is 10.3 Å². The lowest BCUT2D eigenvalue weighted by Gasteiger charge is -2.37. The van der Waals surface area contributed by atoms with Gasteiger partial charge in [-0.25, -0.2) is 22.5 Å². The Hall–Kier alpha value is -4.54. The Balaban J connectivity index is 1.63. The van der Waals surface area contributed by atoms with Gasteiger partial charge in [-0.2, -0.15) is 5.26 Å². The van der Waals surface area contributed by atoms with Gasteiger partial charge in [0.1, 0.15) is 35.6 Å². The summed E-state index contributed by atoms with van der Waals surface area (Å²) in [7, 11) is 0. The molecule has 2 aliphatic rings. The molecule has 0 bridgehead atoms. The molecule has 2 fully saturated rings. The van der Waals surface area contributed by atoms with Crippen LogP contribution < -0.4 is 15.1 Å². The molecule has 1 unspecified atom stereocenters. The third-order valence-corrected chi connectivity index (χ3v) is 8.16. The lowest BCUT2D eigenvalue weighted by molar-refractivity contribution is -0.128. The van der Waals surface area contributed by atoms with Crippen molar-refractivity contribution in [3.63, 3.8) is 0 Å². The lowest BCUT2D eigenvalue weighted by atomic mass is 9.91. The first-order valence-corrected chi connectivity index (χ1v) is 14.4. The van der Waals surface area contributed by atoms with Crippen LogP contribution >= 0.6 is 11.6 Å². The van der Waals surface area contributed by atoms with E-state index in [4.69, 9.17) is 11.6 Å². The Labute approximate surface area is 260 Å². The molecular weight excluding hydrogens is 618 g/mol. The Kier molecular flexibility index (Phi) is 9.08. The van der Waals surface area contributed by atoms with E-state index in [0.29, 0.717) is 6.07 Å². The highest BCUT2D eigenvalue weighted by molar-refractivity contribution is 6.31. The van der Waals surface area contributed by atoms with Gasteiger partial charge in [0.25, 0.3) is 11.8 Å². The van der Waals surface area contributed by atoms with Gasteiger partial charge >= 0.3 is 0 Å². The number of rotatable bonds is 7. The van der Waals surface area contributed by atoms with Gasteiger partial charge in [-0.15, -0.1) is 0 Å². The summed E-state index contributed by atoms with van der Waals surface area (Å²) in [5.74, 6) is -8.05. The van der Waals surface area contributed by atoms with E-state index in [1.807, 2.05) is 6.07 Å². The Morgan fingerprint density at radius 3 is 2.42 bits per heavy atom. The standard InChI is InChI=1S/C31H26ClF4N5O4/c32-23-4-2-1-3-22(23)27(28(43)39-20-5-8-31(35,36)9-6-20)40(21-13-18(33)12-19(34)14-21)29(44)24-15-25(42)30(45)41(24)26-11-17(16-37)7-10-38-26/h1-4,7,10-14,20,24-25,27,42H,5-6,8-9,15H2,(H,39,43)/t24-,25-,27?/m0/s1. The predicted octanol–water partition coefficient (Wildman–Crippen LogP) is 4.82. The van der Waals surface area contributed by atoms with Gasteiger partial charge < -0.3 is 10.4 Å². The number of halogens is 5. The highest BCUT2D eigenvalue weighted by Crippen LogP contribution is 2.38. The molecule has 3 amide bonds. The zero-order valence-corrected chi connectivity index (χ0v) is 24.2. The smallest absolute Gasteiger partial charge is 0.257 e. The van der Waals surface area contributed by atoms with Crippen molar-refractivity contribution in [2.75, 3.05) is 9.80 Å². The second-order valence-corrected chi connectivity index (χ2v) is 11.3. The van der Waals surface area contributed by atoms with Crippen molar-refractivity contribution < 1.29 is 37.1 Å². The maximum Gasteiger partial charge on any atom is 0.257 e. The molecule has 2 heterocycles. The van der Waals surface area contributed by atoms with Crippen molar-refractivity contribution in [2.24, 2.45) is 0 Å². The average molecular weight is 644 g/mol. The van der Waals surface area contributed by atoms with Crippen LogP contribution in [0.1, 0.15) is 49.3 Å². The monoisotopic (exact) mass is 643 g/mol. The number of amides is 3. The van der Waals surface area contributed by atoms with E-state index in [1.54, 1.807) is 6.07 Å². The van der Waals surface area contributed by atoms with Crippen LogP contribution in [0, 0.1) is 23.0 Å². The van der Waals surface area contributed by atoms with Crippen molar-refractivity contribution in [1.29, 1.82) is 5.26 Å². The molecule has 234 valence electrons. The molecule has 2 N–H and O–H groups in total. The van der Waals surface area contributed by atoms with Gasteiger partial charge in [0, 0.05) is 48.2 Å². The van der Waals surface area contributed by atoms with E-state index in [2.05, 4.69) is 10.3 Å². The minimum atomic E-state index is -2.89. The number of nitrogens with one attached hydrogen (secondary N) is 1. The minimum absolute atomic E-state index is 0.00489. The van der Waals surface area contributed by atoms with Crippen molar-refractivity contribution >= 4 is 40.8 Å². The van der Waals surface area contributed by atoms with E-state index in [0.717, 1.165) is 21.9 Å². The van der Waals surface area contributed by atoms with Crippen LogP contribution in [0.4, 0.5) is 29.1 Å². The van der Waals surface area contributed by atoms with Gasteiger partial charge in [0.05, 0.1) is 17.3 Å². The molecule has 3 atom stereocenters. The molecular formula is C31H26ClF4N5O4. The minimum Gasteiger partial charge on any atom is -0.383 e. The van der Waals surface area contributed by atoms with E-state index in [1.165, 1.54) is 36.5 Å². The van der Waals surface area contributed by atoms with Crippen LogP contribution in [0.3, 0.4) is 0 Å². The maximum atomic E-state index is 14.6. The van der Waals surface area contributed by atoms with Gasteiger partial charge in [-0.05, 0) is 43.2 Å². The molecule has 3 aromatic rings. The number of alkyl halides is 2. The SMILES string of the molecule is N#Cc1ccnc(N2C(=O)[C@@H](O)C[C@H]2C(=O)N(c2cc(F)cc(F)c2)C(C(=O)NC2CCC(F)(F)CC2)c2ccccc2Cl)c1. The number of pyridine rings is 1. The number of aliphatic hydroxyl groups excluding tert-OH is 1. The maximum absolute atomic E-state index is 14.6. The molecule has 1 saturated heterocycles. The first kappa shape index (κ1) is 31.9. The number of hydrogen-bond acceptors (Lipinski definition) is 6. The topological polar surface area (TPSA) is 127 Å². The largest absolute Gasteiger partial charge is 0.383 e. The van der Waals surface area contributed by atoms with Crippen molar-refractivity contribution in [2.45, 2.75) is 62.3 Å². The molecule has 45 heavy (non-hydrogen) atoms. The number of carbonyl (C=O) groups excluding carboxylic acids is 3. The van der Waals surface area contributed by atoms with Crippen molar-refractivity contribution in [3.8, 4) is 6.07 Å². The molecule has 0 spiro atoms. The Morgan fingerprint density at radius 2 is 1.78 bits per heavy atom. The average Bonchev–Trinajstić information content (AvgIpc) is 3.30. The fraction of sp³-hybridized carbons (Fsp3) is 0.323. The molecule has 0 radical (unpaired) electrons. The van der Waals surface area contributed by atoms with E-state index in [-0.39, 0.29) is 34.8 Å². The number of hydrogen-bond donors (Lipinski definition) is 2. The number of nitrogens with zero attached hydrogens (tertiary/aromatic N) is 4. The highest BCUT2D eigenvalue weighted by atomic mass is 35.5. The number of nitriles is 1. The molecule has 5 rings (SSSR count). The van der Waals surface area contributed by atoms with Gasteiger partial charge in [0.15, 0.2) is 0 Å². The summed E-state index contributed by atoms with van der Waals surface area (Å²) in [6.45, 7) is 0. The molecule has 2 aromatic carbocycles. The van der Waals surface area contributed by atoms with E-state index < -0.39 is 84.5 Å². The predicted molar refractivity (Wildman–Crippen MR) is 154 cm³/mol. The van der Waals surface area contributed by atoms with Gasteiger partial charge in [-0.3, -0.25) is 24.2 Å². The summed E-state index contributed by atoms with van der Waals surface area (Å²) in [5, 5.41) is 22.6. The van der Waals surface area contributed by atoms with Crippen LogP contribution in [0.15, 0.2) is 60.8 Å². The quantitative estimate of drug-likeness (QED) is 0.356. The highest BCUT2D eigenvalue weighted by Gasteiger charge is 2.48. The fourth-order valence-corrected chi connectivity index (χ4v) is 5.88. The molecule has 1 aliphatic heterocycles. The summed E-state index contributed by atoms with van der Waals surface area (Å²) in [6.07, 6.45) is -2.02. The Bertz CT molecular complexity index is 1660. The number of anilines is 2. The summed E-state index contributed by atoms with van der Waals surface area (Å²) in [5.41, 5.74) is -0.284. The van der Waals surface area contributed by atoms with Gasteiger partial charge in [-0.1, -0.05) is 29.8 Å². The third kappa shape index (κ3) is 6.77. The zero-order chi connectivity index (χ0) is 32.5. The third-order valence-electron chi connectivity index (χ3n) is 7.82. The molecule has 1 aromatic heterocycles. The Morgan fingerprint density at radius 1 is 1.11 bits per heavy atom. The number of aliphatic hydroxyl groups is 1. The van der Waals surface area contributed by atoms with E-state index in [9.17, 15) is 42.3 Å². The number of benzene rings is 2. The first-order valence-electron chi connectivity index (χ1n) is 14.0. The van der Waals surface area contributed by atoms with Crippen LogP contribution in [0.2, 0.25) is 5.02 Å². The fourth-order valence-electron chi connectivity index (χ4n) is 5.64. The van der Waals surface area contributed by atoms with Crippen LogP contribution in [-0.4, -0.2) is 51.9 Å². The summed E-state index contributed by atoms with van der Waals surface area (Å²) >= 11 is 6.50. The lowest BCUT2D eigenvalue weighted by Crippen LogP contribution is -2.53. The zero-order valence-electron chi connectivity index (χ0n) is 23.5. The summed E-state index contributed by atoms with van der Waals surface area (Å²) in [4.78, 5) is 47.5. The molecule has 14 heteroatoms. The van der Waals surface area contributed by atoms with Crippen LogP contribution in [0.25, 0.3) is 0 Å². The van der Waals surface area contributed by atoms with Crippen LogP contribution in [0.5, 0.6) is 0 Å². The number of aromatic nitrogens is 1. The normalized spacial score (nSPS) is 20.4. The first-order chi connectivity index (χ1) is 21.4. The molecule has 9 nitrogen and oxygen atoms in total. The second kappa shape index (κ2) is 12.8. The second-order valence-electron chi connectivity index (χ2n) is 10.9. The van der Waals surface area contributed by atoms with Gasteiger partial charge in [0.2, 0.25) is 11.8 Å². The van der Waals surface area contributed by atoms with Crippen LogP contribution in [-0.2, 0) is 14.4 Å². The molecule has 1 saturated carbocycles. The summed E-state index contributed by atoms with van der Waals surface area (Å²) in [6, 6.07) is 8.62. The van der Waals surface area contributed by atoms with E-state index >= 15 is 0 Å². The number of carbonyl (C=O) groups is 3.